The first-order valence-electron chi connectivity index (χ1n) is 6.40. The Morgan fingerprint density at radius 3 is 2.25 bits per heavy atom. The first-order valence-corrected chi connectivity index (χ1v) is 6.40. The normalized spacial score (nSPS) is 16.8. The van der Waals surface area contributed by atoms with Gasteiger partial charge >= 0.3 is 5.97 Å². The average molecular weight is 230 g/mol. The molecule has 0 saturated heterocycles. The van der Waals surface area contributed by atoms with Crippen molar-refractivity contribution in [1.82, 2.24) is 0 Å². The highest BCUT2D eigenvalue weighted by Crippen LogP contribution is 2.33. The highest BCUT2D eigenvalue weighted by Gasteiger charge is 2.37. The number of aliphatic hydroxyl groups excluding tert-OH is 1. The van der Waals surface area contributed by atoms with E-state index in [4.69, 9.17) is 0 Å². The van der Waals surface area contributed by atoms with Crippen molar-refractivity contribution in [3.05, 3.63) is 0 Å². The van der Waals surface area contributed by atoms with Gasteiger partial charge in [0.25, 0.3) is 0 Å². The summed E-state index contributed by atoms with van der Waals surface area (Å²) in [6.07, 6.45) is 5.45. The van der Waals surface area contributed by atoms with Gasteiger partial charge in [-0.25, -0.2) is 0 Å². The second-order valence-electron chi connectivity index (χ2n) is 4.72. The summed E-state index contributed by atoms with van der Waals surface area (Å²) < 4.78 is 0. The molecule has 2 atom stereocenters. The molecule has 0 bridgehead atoms. The molecule has 0 aromatic rings. The zero-order valence-corrected chi connectivity index (χ0v) is 10.8. The lowest BCUT2D eigenvalue weighted by Gasteiger charge is -2.30. The van der Waals surface area contributed by atoms with Crippen LogP contribution < -0.4 is 0 Å². The summed E-state index contributed by atoms with van der Waals surface area (Å²) in [6.45, 7) is 5.83. The van der Waals surface area contributed by atoms with Gasteiger partial charge in [-0.15, -0.1) is 0 Å². The fraction of sp³-hybridized carbons (Fsp3) is 0.923. The Hall–Kier alpha value is -0.570. The number of rotatable bonds is 9. The molecule has 0 aliphatic heterocycles. The summed E-state index contributed by atoms with van der Waals surface area (Å²) >= 11 is 0. The Balaban J connectivity index is 4.51. The minimum atomic E-state index is -0.922. The van der Waals surface area contributed by atoms with Crippen molar-refractivity contribution in [2.45, 2.75) is 59.3 Å². The lowest BCUT2D eigenvalue weighted by atomic mass is 9.75. The van der Waals surface area contributed by atoms with Crippen LogP contribution in [0.4, 0.5) is 0 Å². The molecule has 2 N–H and O–H groups in total. The van der Waals surface area contributed by atoms with E-state index >= 15 is 0 Å². The molecule has 0 heterocycles. The van der Waals surface area contributed by atoms with E-state index in [1.807, 2.05) is 6.92 Å². The van der Waals surface area contributed by atoms with Crippen LogP contribution in [-0.4, -0.2) is 22.8 Å². The molecule has 0 aliphatic carbocycles. The standard InChI is InChI=1S/C13H26O3/c1-4-7-8-11(5-2)9-13(6-3,10-14)12(15)16/h11,14H,4-10H2,1-3H3,(H,15,16). The summed E-state index contributed by atoms with van der Waals surface area (Å²) in [5, 5.41) is 18.6. The minimum absolute atomic E-state index is 0.249. The third kappa shape index (κ3) is 4.12. The van der Waals surface area contributed by atoms with Gasteiger partial charge in [0.1, 0.15) is 0 Å². The van der Waals surface area contributed by atoms with E-state index in [0.717, 1.165) is 25.7 Å². The van der Waals surface area contributed by atoms with Crippen LogP contribution in [0.1, 0.15) is 59.3 Å². The first kappa shape index (κ1) is 15.4. The molecule has 0 radical (unpaired) electrons. The van der Waals surface area contributed by atoms with Crippen LogP contribution >= 0.6 is 0 Å². The van der Waals surface area contributed by atoms with Gasteiger partial charge in [0.15, 0.2) is 0 Å². The molecule has 0 fully saturated rings. The quantitative estimate of drug-likeness (QED) is 0.640. The van der Waals surface area contributed by atoms with Crippen molar-refractivity contribution >= 4 is 5.97 Å². The van der Waals surface area contributed by atoms with Crippen molar-refractivity contribution < 1.29 is 15.0 Å². The number of hydrogen-bond acceptors (Lipinski definition) is 2. The van der Waals surface area contributed by atoms with Gasteiger partial charge in [0, 0.05) is 0 Å². The highest BCUT2D eigenvalue weighted by molar-refractivity contribution is 5.74. The fourth-order valence-electron chi connectivity index (χ4n) is 2.12. The molecule has 0 aliphatic rings. The molecule has 0 spiro atoms. The van der Waals surface area contributed by atoms with Gasteiger partial charge in [-0.05, 0) is 18.8 Å². The maximum atomic E-state index is 11.2. The van der Waals surface area contributed by atoms with E-state index in [2.05, 4.69) is 13.8 Å². The SMILES string of the molecule is CCCCC(CC)CC(CC)(CO)C(=O)O. The average Bonchev–Trinajstić information content (AvgIpc) is 2.30. The molecule has 0 rings (SSSR count). The molecule has 0 amide bonds. The van der Waals surface area contributed by atoms with Gasteiger partial charge in [0.2, 0.25) is 0 Å². The molecular weight excluding hydrogens is 204 g/mol. The van der Waals surface area contributed by atoms with E-state index in [9.17, 15) is 15.0 Å². The van der Waals surface area contributed by atoms with Gasteiger partial charge < -0.3 is 10.2 Å². The maximum Gasteiger partial charge on any atom is 0.311 e. The van der Waals surface area contributed by atoms with Gasteiger partial charge in [-0.2, -0.15) is 0 Å². The largest absolute Gasteiger partial charge is 0.481 e. The number of hydrogen-bond donors (Lipinski definition) is 2. The predicted molar refractivity (Wildman–Crippen MR) is 65.4 cm³/mol. The molecule has 2 unspecified atom stereocenters. The zero-order chi connectivity index (χ0) is 12.6. The number of carboxylic acids is 1. The Bertz CT molecular complexity index is 197. The van der Waals surface area contributed by atoms with E-state index in [1.165, 1.54) is 0 Å². The van der Waals surface area contributed by atoms with E-state index in [-0.39, 0.29) is 6.61 Å². The lowest BCUT2D eigenvalue weighted by molar-refractivity contribution is -0.153. The Morgan fingerprint density at radius 2 is 1.94 bits per heavy atom. The highest BCUT2D eigenvalue weighted by atomic mass is 16.4. The third-order valence-electron chi connectivity index (χ3n) is 3.66. The van der Waals surface area contributed by atoms with Crippen LogP contribution in [0.5, 0.6) is 0 Å². The van der Waals surface area contributed by atoms with Gasteiger partial charge in [-0.1, -0.05) is 46.5 Å². The number of unbranched alkanes of at least 4 members (excludes halogenated alkanes) is 1. The molecule has 16 heavy (non-hydrogen) atoms. The predicted octanol–water partition coefficient (Wildman–Crippen LogP) is 3.07. The molecule has 96 valence electrons. The van der Waals surface area contributed by atoms with Crippen molar-refractivity contribution in [2.75, 3.05) is 6.61 Å². The maximum absolute atomic E-state index is 11.2. The summed E-state index contributed by atoms with van der Waals surface area (Å²) in [5.74, 6) is -0.435. The van der Waals surface area contributed by atoms with E-state index in [0.29, 0.717) is 18.8 Å². The molecule has 0 aromatic carbocycles. The molecular formula is C13H26O3. The van der Waals surface area contributed by atoms with E-state index < -0.39 is 11.4 Å². The third-order valence-corrected chi connectivity index (χ3v) is 3.66. The number of aliphatic carboxylic acids is 1. The van der Waals surface area contributed by atoms with Crippen molar-refractivity contribution in [1.29, 1.82) is 0 Å². The van der Waals surface area contributed by atoms with Crippen molar-refractivity contribution in [2.24, 2.45) is 11.3 Å². The number of carbonyl (C=O) groups is 1. The van der Waals surface area contributed by atoms with Crippen molar-refractivity contribution in [3.63, 3.8) is 0 Å². The van der Waals surface area contributed by atoms with Gasteiger partial charge in [-0.3, -0.25) is 4.79 Å². The topological polar surface area (TPSA) is 57.5 Å². The summed E-state index contributed by atoms with van der Waals surface area (Å²) in [7, 11) is 0. The molecule has 3 nitrogen and oxygen atoms in total. The summed E-state index contributed by atoms with van der Waals surface area (Å²) in [5.41, 5.74) is -0.922. The zero-order valence-electron chi connectivity index (χ0n) is 10.8. The molecule has 0 aromatic heterocycles. The van der Waals surface area contributed by atoms with Crippen LogP contribution in [0.2, 0.25) is 0 Å². The smallest absolute Gasteiger partial charge is 0.311 e. The second-order valence-corrected chi connectivity index (χ2v) is 4.72. The van der Waals surface area contributed by atoms with Crippen LogP contribution in [0.25, 0.3) is 0 Å². The van der Waals surface area contributed by atoms with Crippen LogP contribution in [0.3, 0.4) is 0 Å². The molecule has 0 saturated carbocycles. The Labute approximate surface area is 98.9 Å². The lowest BCUT2D eigenvalue weighted by Crippen LogP contribution is -2.36. The molecule has 3 heteroatoms. The van der Waals surface area contributed by atoms with E-state index in [1.54, 1.807) is 0 Å². The first-order chi connectivity index (χ1) is 7.56. The van der Waals surface area contributed by atoms with Crippen LogP contribution in [0, 0.1) is 11.3 Å². The minimum Gasteiger partial charge on any atom is -0.481 e. The van der Waals surface area contributed by atoms with Crippen LogP contribution in [-0.2, 0) is 4.79 Å². The summed E-state index contributed by atoms with van der Waals surface area (Å²) in [6, 6.07) is 0. The Kier molecular flexibility index (Phi) is 7.39. The number of aliphatic hydroxyl groups is 1. The monoisotopic (exact) mass is 230 g/mol. The Morgan fingerprint density at radius 1 is 1.31 bits per heavy atom. The summed E-state index contributed by atoms with van der Waals surface area (Å²) in [4.78, 5) is 11.2. The number of carboxylic acid groups (broad SMARTS) is 1. The van der Waals surface area contributed by atoms with Crippen LogP contribution in [0.15, 0.2) is 0 Å². The fourth-order valence-corrected chi connectivity index (χ4v) is 2.12. The second kappa shape index (κ2) is 7.66. The van der Waals surface area contributed by atoms with Crippen molar-refractivity contribution in [3.8, 4) is 0 Å². The van der Waals surface area contributed by atoms with Gasteiger partial charge in [0.05, 0.1) is 12.0 Å².